The van der Waals surface area contributed by atoms with E-state index < -0.39 is 11.8 Å². The number of amides is 4. The molecule has 16 heteroatoms. The number of ether oxygens (including phenoxy) is 8. The molecule has 0 saturated carbocycles. The topological polar surface area (TPSA) is 186 Å². The molecule has 4 amide bonds. The highest BCUT2D eigenvalue weighted by atomic mass is 16.6. The zero-order chi connectivity index (χ0) is 31.9. The number of imide groups is 1. The molecule has 16 nitrogen and oxygen atoms in total. The lowest BCUT2D eigenvalue weighted by Crippen LogP contribution is -2.35. The van der Waals surface area contributed by atoms with Crippen molar-refractivity contribution in [2.24, 2.45) is 0 Å². The molecule has 1 aliphatic rings. The quantitative estimate of drug-likeness (QED) is 0.0483. The van der Waals surface area contributed by atoms with Crippen LogP contribution in [0.5, 0.6) is 0 Å². The summed E-state index contributed by atoms with van der Waals surface area (Å²) in [6.07, 6.45) is 3.26. The van der Waals surface area contributed by atoms with Crippen molar-refractivity contribution in [2.45, 2.75) is 12.8 Å². The standard InChI is InChI=1S/C28H47N3O13/c32-8-5-29-26(34)4-9-37-11-13-39-15-17-41-19-21-43-23-24-44-22-20-42-18-16-40-14-12-38-10-6-30-25(33)3-7-31-27(35)1-2-28(31)36/h1-2,8H,3-7,9-24H2,(H,29,34)(H,30,33). The molecule has 1 aliphatic heterocycles. The number of nitrogens with zero attached hydrogens (tertiary/aromatic N) is 1. The van der Waals surface area contributed by atoms with E-state index in [1.165, 1.54) is 12.2 Å². The van der Waals surface area contributed by atoms with Crippen LogP contribution in [0.1, 0.15) is 12.8 Å². The maximum absolute atomic E-state index is 11.8. The Balaban J connectivity index is 1.68. The third kappa shape index (κ3) is 23.6. The first-order valence-electron chi connectivity index (χ1n) is 14.7. The Morgan fingerprint density at radius 1 is 0.545 bits per heavy atom. The summed E-state index contributed by atoms with van der Waals surface area (Å²) in [5.74, 6) is -1.29. The predicted octanol–water partition coefficient (Wildman–Crippen LogP) is -1.74. The van der Waals surface area contributed by atoms with Crippen molar-refractivity contribution in [3.8, 4) is 0 Å². The molecule has 0 aromatic carbocycles. The molecule has 0 aromatic rings. The molecule has 0 bridgehead atoms. The third-order valence-corrected chi connectivity index (χ3v) is 5.49. The van der Waals surface area contributed by atoms with Crippen LogP contribution in [0.15, 0.2) is 12.2 Å². The van der Waals surface area contributed by atoms with Crippen molar-refractivity contribution in [1.82, 2.24) is 15.5 Å². The Kier molecular flexibility index (Phi) is 25.8. The average molecular weight is 634 g/mol. The van der Waals surface area contributed by atoms with Crippen LogP contribution in [-0.4, -0.2) is 160 Å². The van der Waals surface area contributed by atoms with Crippen LogP contribution in [0.4, 0.5) is 0 Å². The highest BCUT2D eigenvalue weighted by molar-refractivity contribution is 6.13. The fraction of sp³-hybridized carbons (Fsp3) is 0.750. The average Bonchev–Trinajstić information content (AvgIpc) is 3.34. The fourth-order valence-electron chi connectivity index (χ4n) is 3.27. The van der Waals surface area contributed by atoms with Crippen LogP contribution < -0.4 is 10.6 Å². The van der Waals surface area contributed by atoms with Gasteiger partial charge in [0.25, 0.3) is 11.8 Å². The SMILES string of the molecule is O=CCNC(=O)CCOCCOCCOCCOCCOCCOCCOCCOCCNC(=O)CCN1C(=O)C=CC1=O. The molecular formula is C28H47N3O13. The molecule has 0 spiro atoms. The van der Waals surface area contributed by atoms with Gasteiger partial charge < -0.3 is 53.3 Å². The molecule has 44 heavy (non-hydrogen) atoms. The number of carbonyl (C=O) groups excluding carboxylic acids is 5. The van der Waals surface area contributed by atoms with E-state index in [0.29, 0.717) is 112 Å². The number of hydrogen-bond acceptors (Lipinski definition) is 13. The summed E-state index contributed by atoms with van der Waals surface area (Å²) < 4.78 is 43.1. The molecule has 1 rings (SSSR count). The Labute approximate surface area is 257 Å². The van der Waals surface area contributed by atoms with E-state index in [1.807, 2.05) is 0 Å². The highest BCUT2D eigenvalue weighted by Crippen LogP contribution is 2.03. The van der Waals surface area contributed by atoms with Gasteiger partial charge in [-0.2, -0.15) is 0 Å². The van der Waals surface area contributed by atoms with E-state index in [0.717, 1.165) is 4.90 Å². The molecule has 252 valence electrons. The molecule has 0 unspecified atom stereocenters. The van der Waals surface area contributed by atoms with Crippen molar-refractivity contribution in [2.75, 3.05) is 125 Å². The second-order valence-electron chi connectivity index (χ2n) is 8.88. The number of aldehydes is 1. The van der Waals surface area contributed by atoms with Gasteiger partial charge >= 0.3 is 0 Å². The van der Waals surface area contributed by atoms with Crippen molar-refractivity contribution in [3.63, 3.8) is 0 Å². The number of carbonyl (C=O) groups is 5. The first-order valence-corrected chi connectivity index (χ1v) is 14.7. The molecular weight excluding hydrogens is 586 g/mol. The summed E-state index contributed by atoms with van der Waals surface area (Å²) in [6.45, 7) is 6.99. The minimum absolute atomic E-state index is 0.0151. The van der Waals surface area contributed by atoms with E-state index in [2.05, 4.69) is 10.6 Å². The third-order valence-electron chi connectivity index (χ3n) is 5.49. The second-order valence-corrected chi connectivity index (χ2v) is 8.88. The van der Waals surface area contributed by atoms with E-state index >= 15 is 0 Å². The second kappa shape index (κ2) is 28.9. The van der Waals surface area contributed by atoms with Crippen LogP contribution in [0, 0.1) is 0 Å². The van der Waals surface area contributed by atoms with Crippen molar-refractivity contribution in [3.05, 3.63) is 12.2 Å². The zero-order valence-corrected chi connectivity index (χ0v) is 25.3. The summed E-state index contributed by atoms with van der Waals surface area (Å²) in [7, 11) is 0. The summed E-state index contributed by atoms with van der Waals surface area (Å²) in [5, 5.41) is 5.10. The molecule has 0 fully saturated rings. The van der Waals surface area contributed by atoms with E-state index in [9.17, 15) is 24.0 Å². The van der Waals surface area contributed by atoms with Gasteiger partial charge in [0, 0.05) is 38.1 Å². The van der Waals surface area contributed by atoms with Crippen molar-refractivity contribution < 1.29 is 61.9 Å². The minimum Gasteiger partial charge on any atom is -0.379 e. The maximum Gasteiger partial charge on any atom is 0.253 e. The fourth-order valence-corrected chi connectivity index (χ4v) is 3.27. The minimum atomic E-state index is -0.402. The van der Waals surface area contributed by atoms with Gasteiger partial charge in [0.1, 0.15) is 6.29 Å². The molecule has 0 radical (unpaired) electrons. The molecule has 0 aromatic heterocycles. The first-order chi connectivity index (χ1) is 21.5. The predicted molar refractivity (Wildman–Crippen MR) is 154 cm³/mol. The summed E-state index contributed by atoms with van der Waals surface area (Å²) in [4.78, 5) is 57.0. The molecule has 0 saturated heterocycles. The summed E-state index contributed by atoms with van der Waals surface area (Å²) >= 11 is 0. The monoisotopic (exact) mass is 633 g/mol. The molecule has 1 heterocycles. The maximum atomic E-state index is 11.8. The van der Waals surface area contributed by atoms with Crippen LogP contribution in [0.3, 0.4) is 0 Å². The Morgan fingerprint density at radius 3 is 1.32 bits per heavy atom. The van der Waals surface area contributed by atoms with Gasteiger partial charge in [0.2, 0.25) is 11.8 Å². The normalized spacial score (nSPS) is 12.7. The smallest absolute Gasteiger partial charge is 0.253 e. The lowest BCUT2D eigenvalue weighted by molar-refractivity contribution is -0.137. The molecule has 2 N–H and O–H groups in total. The number of hydrogen-bond donors (Lipinski definition) is 2. The van der Waals surface area contributed by atoms with E-state index in [-0.39, 0.29) is 44.4 Å². The summed E-state index contributed by atoms with van der Waals surface area (Å²) in [6, 6.07) is 0. The van der Waals surface area contributed by atoms with Crippen LogP contribution in [0.25, 0.3) is 0 Å². The van der Waals surface area contributed by atoms with Crippen LogP contribution >= 0.6 is 0 Å². The summed E-state index contributed by atoms with van der Waals surface area (Å²) in [5.41, 5.74) is 0. The Hall–Kier alpha value is -2.83. The van der Waals surface area contributed by atoms with Crippen LogP contribution in [-0.2, 0) is 61.9 Å². The molecule has 0 aliphatic carbocycles. The Bertz CT molecular complexity index is 811. The van der Waals surface area contributed by atoms with Gasteiger partial charge in [-0.3, -0.25) is 24.1 Å². The van der Waals surface area contributed by atoms with Gasteiger partial charge in [-0.05, 0) is 0 Å². The van der Waals surface area contributed by atoms with Crippen molar-refractivity contribution in [1.29, 1.82) is 0 Å². The van der Waals surface area contributed by atoms with Gasteiger partial charge in [0.15, 0.2) is 0 Å². The number of nitrogens with one attached hydrogen (secondary N) is 2. The largest absolute Gasteiger partial charge is 0.379 e. The van der Waals surface area contributed by atoms with Gasteiger partial charge in [-0.1, -0.05) is 0 Å². The first kappa shape index (κ1) is 39.2. The number of rotatable bonds is 32. The van der Waals surface area contributed by atoms with E-state index in [4.69, 9.17) is 37.9 Å². The lowest BCUT2D eigenvalue weighted by Gasteiger charge is -2.13. The van der Waals surface area contributed by atoms with Gasteiger partial charge in [-0.25, -0.2) is 0 Å². The highest BCUT2D eigenvalue weighted by Gasteiger charge is 2.23. The van der Waals surface area contributed by atoms with Crippen molar-refractivity contribution >= 4 is 29.9 Å². The van der Waals surface area contributed by atoms with Gasteiger partial charge in [-0.15, -0.1) is 0 Å². The van der Waals surface area contributed by atoms with E-state index in [1.54, 1.807) is 0 Å². The van der Waals surface area contributed by atoms with Crippen LogP contribution in [0.2, 0.25) is 0 Å². The Morgan fingerprint density at radius 2 is 0.909 bits per heavy atom. The molecule has 0 atom stereocenters. The van der Waals surface area contributed by atoms with Gasteiger partial charge in [0.05, 0.1) is 112 Å². The zero-order valence-electron chi connectivity index (χ0n) is 25.3. The lowest BCUT2D eigenvalue weighted by atomic mass is 10.3.